The van der Waals surface area contributed by atoms with Crippen molar-refractivity contribution in [3.63, 3.8) is 0 Å². The fourth-order valence-corrected chi connectivity index (χ4v) is 4.03. The molecule has 0 N–H and O–H groups in total. The number of hydrogen-bond acceptors (Lipinski definition) is 4. The molecule has 1 aliphatic rings. The molecule has 134 valence electrons. The van der Waals surface area contributed by atoms with Gasteiger partial charge in [0.1, 0.15) is 16.7 Å². The molecule has 1 heterocycles. The van der Waals surface area contributed by atoms with Gasteiger partial charge in [-0.05, 0) is 46.2 Å². The number of carbonyl (C=O) groups excluding carboxylic acids is 1. The second-order valence-electron chi connectivity index (χ2n) is 6.28. The number of amides is 1. The lowest BCUT2D eigenvalue weighted by Gasteiger charge is -2.08. The lowest BCUT2D eigenvalue weighted by atomic mass is 10.1. The Hall–Kier alpha value is -2.63. The molecule has 3 nitrogen and oxygen atoms in total. The van der Waals surface area contributed by atoms with Crippen molar-refractivity contribution in [2.45, 2.75) is 6.61 Å². The fraction of sp³-hybridized carbons (Fsp3) is 0.0909. The number of fused-ring (bicyclic) bond motifs is 1. The maximum atomic E-state index is 12.1. The SMILES string of the molecule is CN1C(=O)/C(=C\c2ccc(OCc3ccc4ccccc4c3)cc2)SC1=S. The van der Waals surface area contributed by atoms with Crippen molar-refractivity contribution < 1.29 is 9.53 Å². The van der Waals surface area contributed by atoms with E-state index in [1.807, 2.05) is 42.5 Å². The Morgan fingerprint density at radius 1 is 1.04 bits per heavy atom. The fourth-order valence-electron chi connectivity index (χ4n) is 2.85. The van der Waals surface area contributed by atoms with Crippen LogP contribution in [0.15, 0.2) is 71.6 Å². The van der Waals surface area contributed by atoms with E-state index in [0.29, 0.717) is 15.8 Å². The first kappa shape index (κ1) is 17.8. The number of benzene rings is 3. The first-order valence-corrected chi connectivity index (χ1v) is 9.75. The Balaban J connectivity index is 1.43. The molecule has 1 fully saturated rings. The average Bonchev–Trinajstić information content (AvgIpc) is 2.94. The summed E-state index contributed by atoms with van der Waals surface area (Å²) >= 11 is 6.48. The average molecular weight is 392 g/mol. The van der Waals surface area contributed by atoms with Gasteiger partial charge >= 0.3 is 0 Å². The number of hydrogen-bond donors (Lipinski definition) is 0. The molecule has 0 bridgehead atoms. The van der Waals surface area contributed by atoms with E-state index in [9.17, 15) is 4.79 Å². The minimum Gasteiger partial charge on any atom is -0.489 e. The maximum Gasteiger partial charge on any atom is 0.265 e. The molecule has 1 amide bonds. The van der Waals surface area contributed by atoms with E-state index in [-0.39, 0.29) is 5.91 Å². The van der Waals surface area contributed by atoms with Crippen molar-refractivity contribution in [1.82, 2.24) is 4.90 Å². The smallest absolute Gasteiger partial charge is 0.265 e. The Labute approximate surface area is 167 Å². The third-order valence-electron chi connectivity index (χ3n) is 4.38. The van der Waals surface area contributed by atoms with Crippen LogP contribution in [0, 0.1) is 0 Å². The van der Waals surface area contributed by atoms with Crippen LogP contribution < -0.4 is 4.74 Å². The monoisotopic (exact) mass is 391 g/mol. The van der Waals surface area contributed by atoms with Crippen LogP contribution >= 0.6 is 24.0 Å². The summed E-state index contributed by atoms with van der Waals surface area (Å²) in [6, 6.07) is 22.4. The van der Waals surface area contributed by atoms with Crippen molar-refractivity contribution in [2.24, 2.45) is 0 Å². The van der Waals surface area contributed by atoms with Gasteiger partial charge in [-0.1, -0.05) is 72.5 Å². The topological polar surface area (TPSA) is 29.5 Å². The summed E-state index contributed by atoms with van der Waals surface area (Å²) < 4.78 is 6.48. The summed E-state index contributed by atoms with van der Waals surface area (Å²) in [5.41, 5.74) is 2.08. The maximum absolute atomic E-state index is 12.1. The summed E-state index contributed by atoms with van der Waals surface area (Å²) in [5, 5.41) is 2.44. The van der Waals surface area contributed by atoms with Gasteiger partial charge in [-0.15, -0.1) is 0 Å². The third kappa shape index (κ3) is 3.89. The minimum atomic E-state index is -0.0540. The Bertz CT molecular complexity index is 1060. The number of ether oxygens (including phenoxy) is 1. The van der Waals surface area contributed by atoms with Crippen molar-refractivity contribution in [2.75, 3.05) is 7.05 Å². The molecule has 0 radical (unpaired) electrons. The highest BCUT2D eigenvalue weighted by Gasteiger charge is 2.28. The van der Waals surface area contributed by atoms with Crippen LogP contribution in [0.3, 0.4) is 0 Å². The molecule has 0 saturated carbocycles. The van der Waals surface area contributed by atoms with Gasteiger partial charge in [0.25, 0.3) is 5.91 Å². The number of likely N-dealkylation sites (N-methyl/N-ethyl adjacent to an activating group) is 1. The number of carbonyl (C=O) groups is 1. The molecular weight excluding hydrogens is 374 g/mol. The number of thiocarbonyl (C=S) groups is 1. The van der Waals surface area contributed by atoms with Crippen LogP contribution in [0.5, 0.6) is 5.75 Å². The van der Waals surface area contributed by atoms with Crippen molar-refractivity contribution in [1.29, 1.82) is 0 Å². The second-order valence-corrected chi connectivity index (χ2v) is 7.96. The van der Waals surface area contributed by atoms with E-state index in [0.717, 1.165) is 16.9 Å². The predicted molar refractivity (Wildman–Crippen MR) is 116 cm³/mol. The van der Waals surface area contributed by atoms with Crippen LogP contribution in [0.25, 0.3) is 16.8 Å². The number of nitrogens with zero attached hydrogens (tertiary/aromatic N) is 1. The van der Waals surface area contributed by atoms with Gasteiger partial charge in [-0.3, -0.25) is 9.69 Å². The quantitative estimate of drug-likeness (QED) is 0.449. The minimum absolute atomic E-state index is 0.0540. The lowest BCUT2D eigenvalue weighted by Crippen LogP contribution is -2.22. The van der Waals surface area contributed by atoms with E-state index < -0.39 is 0 Å². The van der Waals surface area contributed by atoms with Crippen LogP contribution in [0.1, 0.15) is 11.1 Å². The highest BCUT2D eigenvalue weighted by molar-refractivity contribution is 8.26. The highest BCUT2D eigenvalue weighted by Crippen LogP contribution is 2.31. The van der Waals surface area contributed by atoms with Gasteiger partial charge in [0.2, 0.25) is 0 Å². The molecule has 1 saturated heterocycles. The van der Waals surface area contributed by atoms with E-state index >= 15 is 0 Å². The van der Waals surface area contributed by atoms with Crippen LogP contribution in [0.4, 0.5) is 0 Å². The molecule has 0 aromatic heterocycles. The number of rotatable bonds is 4. The molecule has 3 aromatic carbocycles. The van der Waals surface area contributed by atoms with Crippen LogP contribution in [-0.2, 0) is 11.4 Å². The summed E-state index contributed by atoms with van der Waals surface area (Å²) in [6.07, 6.45) is 1.86. The molecule has 0 unspecified atom stereocenters. The molecule has 0 spiro atoms. The summed E-state index contributed by atoms with van der Waals surface area (Å²) in [5.74, 6) is 0.741. The van der Waals surface area contributed by atoms with Gasteiger partial charge in [0.05, 0.1) is 4.91 Å². The Morgan fingerprint density at radius 3 is 2.48 bits per heavy atom. The summed E-state index contributed by atoms with van der Waals surface area (Å²) in [7, 11) is 1.70. The predicted octanol–water partition coefficient (Wildman–Crippen LogP) is 5.25. The van der Waals surface area contributed by atoms with Gasteiger partial charge in [0, 0.05) is 7.05 Å². The van der Waals surface area contributed by atoms with Gasteiger partial charge in [-0.2, -0.15) is 0 Å². The summed E-state index contributed by atoms with van der Waals surface area (Å²) in [6.45, 7) is 0.513. The molecule has 0 aliphatic carbocycles. The lowest BCUT2D eigenvalue weighted by molar-refractivity contribution is -0.121. The normalized spacial score (nSPS) is 15.7. The van der Waals surface area contributed by atoms with E-state index in [2.05, 4.69) is 30.3 Å². The number of thioether (sulfide) groups is 1. The second kappa shape index (κ2) is 7.55. The first-order chi connectivity index (χ1) is 13.1. The van der Waals surface area contributed by atoms with E-state index in [1.165, 1.54) is 27.4 Å². The van der Waals surface area contributed by atoms with Crippen LogP contribution in [0.2, 0.25) is 0 Å². The third-order valence-corrected chi connectivity index (χ3v) is 5.87. The summed E-state index contributed by atoms with van der Waals surface area (Å²) in [4.78, 5) is 14.2. The molecule has 3 aromatic rings. The zero-order chi connectivity index (χ0) is 18.8. The van der Waals surface area contributed by atoms with Crippen molar-refractivity contribution >= 4 is 51.1 Å². The largest absolute Gasteiger partial charge is 0.489 e. The highest BCUT2D eigenvalue weighted by atomic mass is 32.2. The standard InChI is InChI=1S/C22H17NO2S2/c1-23-21(24)20(27-22(23)26)13-15-7-10-19(11-8-15)25-14-16-6-9-17-4-2-3-5-18(17)12-16/h2-13H,14H2,1H3/b20-13+. The zero-order valence-corrected chi connectivity index (χ0v) is 16.3. The van der Waals surface area contributed by atoms with E-state index in [4.69, 9.17) is 17.0 Å². The van der Waals surface area contributed by atoms with Gasteiger partial charge in [0.15, 0.2) is 0 Å². The van der Waals surface area contributed by atoms with Crippen molar-refractivity contribution in [3.05, 3.63) is 82.8 Å². The molecule has 0 atom stereocenters. The van der Waals surface area contributed by atoms with E-state index in [1.54, 1.807) is 7.05 Å². The zero-order valence-electron chi connectivity index (χ0n) is 14.7. The van der Waals surface area contributed by atoms with Crippen molar-refractivity contribution in [3.8, 4) is 5.75 Å². The molecule has 4 rings (SSSR count). The van der Waals surface area contributed by atoms with Crippen LogP contribution in [-0.4, -0.2) is 22.2 Å². The molecule has 5 heteroatoms. The van der Waals surface area contributed by atoms with Gasteiger partial charge in [-0.25, -0.2) is 0 Å². The van der Waals surface area contributed by atoms with Gasteiger partial charge < -0.3 is 4.74 Å². The first-order valence-electron chi connectivity index (χ1n) is 8.52. The Morgan fingerprint density at radius 2 is 1.78 bits per heavy atom. The Kier molecular flexibility index (Phi) is 4.97. The molecule has 1 aliphatic heterocycles. The molecule has 27 heavy (non-hydrogen) atoms. The molecular formula is C22H17NO2S2.